The fourth-order valence-electron chi connectivity index (χ4n) is 3.36. The van der Waals surface area contributed by atoms with Gasteiger partial charge in [-0.1, -0.05) is 12.1 Å². The molecular weight excluding hydrogens is 254 g/mol. The number of benzene rings is 1. The van der Waals surface area contributed by atoms with Crippen LogP contribution >= 0.6 is 0 Å². The highest BCUT2D eigenvalue weighted by Gasteiger charge is 2.52. The number of amides is 1. The molecule has 3 rings (SSSR count). The van der Waals surface area contributed by atoms with Crippen molar-refractivity contribution in [2.75, 3.05) is 13.7 Å². The summed E-state index contributed by atoms with van der Waals surface area (Å²) in [4.78, 5) is 14.3. The van der Waals surface area contributed by atoms with Crippen LogP contribution in [-0.2, 0) is 11.3 Å². The Hall–Kier alpha value is -1.55. The maximum absolute atomic E-state index is 12.4. The Kier molecular flexibility index (Phi) is 3.42. The van der Waals surface area contributed by atoms with Gasteiger partial charge in [0, 0.05) is 13.1 Å². The highest BCUT2D eigenvalue weighted by molar-refractivity contribution is 5.88. The second-order valence-corrected chi connectivity index (χ2v) is 6.02. The van der Waals surface area contributed by atoms with Gasteiger partial charge in [0.05, 0.1) is 18.6 Å². The maximum atomic E-state index is 12.4. The lowest BCUT2D eigenvalue weighted by Gasteiger charge is -2.51. The topological polar surface area (TPSA) is 49.8 Å². The van der Waals surface area contributed by atoms with E-state index in [1.165, 1.54) is 0 Å². The lowest BCUT2D eigenvalue weighted by molar-refractivity contribution is -0.166. The SMILES string of the molecule is COc1ccc(CN2CC3(CCC(O)CC3)C2=O)cc1. The van der Waals surface area contributed by atoms with Gasteiger partial charge in [-0.3, -0.25) is 4.79 Å². The van der Waals surface area contributed by atoms with Crippen molar-refractivity contribution in [3.8, 4) is 5.75 Å². The second kappa shape index (κ2) is 5.09. The van der Waals surface area contributed by atoms with Crippen molar-refractivity contribution in [2.45, 2.75) is 38.3 Å². The van der Waals surface area contributed by atoms with Crippen molar-refractivity contribution in [2.24, 2.45) is 5.41 Å². The molecule has 1 aliphatic heterocycles. The van der Waals surface area contributed by atoms with Gasteiger partial charge in [-0.2, -0.15) is 0 Å². The molecule has 0 radical (unpaired) electrons. The highest BCUT2D eigenvalue weighted by Crippen LogP contribution is 2.45. The number of carbonyl (C=O) groups excluding carboxylic acids is 1. The minimum atomic E-state index is -0.205. The summed E-state index contributed by atoms with van der Waals surface area (Å²) >= 11 is 0. The third-order valence-electron chi connectivity index (χ3n) is 4.68. The molecule has 1 aromatic rings. The molecule has 1 heterocycles. The van der Waals surface area contributed by atoms with E-state index in [1.54, 1.807) is 7.11 Å². The minimum absolute atomic E-state index is 0.161. The monoisotopic (exact) mass is 275 g/mol. The first-order valence-corrected chi connectivity index (χ1v) is 7.23. The van der Waals surface area contributed by atoms with Crippen molar-refractivity contribution in [3.63, 3.8) is 0 Å². The first kappa shape index (κ1) is 13.4. The number of aliphatic hydroxyl groups is 1. The number of hydrogen-bond donors (Lipinski definition) is 1. The Morgan fingerprint density at radius 1 is 1.30 bits per heavy atom. The molecule has 0 bridgehead atoms. The summed E-state index contributed by atoms with van der Waals surface area (Å²) in [6, 6.07) is 7.85. The second-order valence-electron chi connectivity index (χ2n) is 6.02. The van der Waals surface area contributed by atoms with Gasteiger partial charge in [0.1, 0.15) is 5.75 Å². The molecule has 4 heteroatoms. The molecule has 1 spiro atoms. The molecule has 4 nitrogen and oxygen atoms in total. The number of ether oxygens (including phenoxy) is 1. The molecule has 2 fully saturated rings. The van der Waals surface area contributed by atoms with Crippen LogP contribution in [0.15, 0.2) is 24.3 Å². The fraction of sp³-hybridized carbons (Fsp3) is 0.562. The summed E-state index contributed by atoms with van der Waals surface area (Å²) in [5, 5.41) is 9.56. The van der Waals surface area contributed by atoms with Gasteiger partial charge in [-0.25, -0.2) is 0 Å². The first-order chi connectivity index (χ1) is 9.63. The van der Waals surface area contributed by atoms with Crippen molar-refractivity contribution in [3.05, 3.63) is 29.8 Å². The highest BCUT2D eigenvalue weighted by atomic mass is 16.5. The molecule has 0 aromatic heterocycles. The van der Waals surface area contributed by atoms with Crippen LogP contribution in [0.4, 0.5) is 0 Å². The van der Waals surface area contributed by atoms with Crippen LogP contribution in [0.2, 0.25) is 0 Å². The molecule has 1 N–H and O–H groups in total. The van der Waals surface area contributed by atoms with E-state index in [9.17, 15) is 9.90 Å². The molecule has 0 atom stereocenters. The van der Waals surface area contributed by atoms with Crippen LogP contribution in [0.25, 0.3) is 0 Å². The van der Waals surface area contributed by atoms with E-state index in [-0.39, 0.29) is 17.4 Å². The average Bonchev–Trinajstić information content (AvgIpc) is 2.49. The van der Waals surface area contributed by atoms with E-state index in [2.05, 4.69) is 0 Å². The van der Waals surface area contributed by atoms with Crippen LogP contribution < -0.4 is 4.74 Å². The minimum Gasteiger partial charge on any atom is -0.497 e. The molecule has 20 heavy (non-hydrogen) atoms. The van der Waals surface area contributed by atoms with Gasteiger partial charge in [-0.15, -0.1) is 0 Å². The third-order valence-corrected chi connectivity index (χ3v) is 4.68. The van der Waals surface area contributed by atoms with Crippen LogP contribution in [0.5, 0.6) is 5.75 Å². The van der Waals surface area contributed by atoms with E-state index < -0.39 is 0 Å². The molecule has 2 aliphatic rings. The quantitative estimate of drug-likeness (QED) is 0.858. The Morgan fingerprint density at radius 2 is 1.95 bits per heavy atom. The summed E-state index contributed by atoms with van der Waals surface area (Å²) in [7, 11) is 1.65. The zero-order chi connectivity index (χ0) is 14.2. The Balaban J connectivity index is 1.59. The summed E-state index contributed by atoms with van der Waals surface area (Å²) in [5.74, 6) is 1.10. The van der Waals surface area contributed by atoms with Crippen LogP contribution in [0, 0.1) is 5.41 Å². The predicted molar refractivity (Wildman–Crippen MR) is 75.3 cm³/mol. The fourth-order valence-corrected chi connectivity index (χ4v) is 3.36. The van der Waals surface area contributed by atoms with E-state index in [0.29, 0.717) is 6.54 Å². The zero-order valence-corrected chi connectivity index (χ0v) is 11.8. The largest absolute Gasteiger partial charge is 0.497 e. The number of aliphatic hydroxyl groups excluding tert-OH is 1. The zero-order valence-electron chi connectivity index (χ0n) is 11.8. The van der Waals surface area contributed by atoms with Crippen LogP contribution in [0.1, 0.15) is 31.2 Å². The molecule has 1 saturated heterocycles. The van der Waals surface area contributed by atoms with Crippen LogP contribution in [-0.4, -0.2) is 35.7 Å². The van der Waals surface area contributed by atoms with E-state index in [0.717, 1.165) is 43.5 Å². The molecule has 1 aromatic carbocycles. The van der Waals surface area contributed by atoms with E-state index in [1.807, 2.05) is 29.2 Å². The normalized spacial score (nSPS) is 29.4. The smallest absolute Gasteiger partial charge is 0.230 e. The standard InChI is InChI=1S/C16H21NO3/c1-20-14-4-2-12(3-5-14)10-17-11-16(15(17)19)8-6-13(18)7-9-16/h2-5,13,18H,6-11H2,1H3. The molecule has 1 saturated carbocycles. The summed E-state index contributed by atoms with van der Waals surface area (Å²) in [5.41, 5.74) is 0.968. The van der Waals surface area contributed by atoms with Crippen molar-refractivity contribution < 1.29 is 14.6 Å². The Bertz CT molecular complexity index is 489. The van der Waals surface area contributed by atoms with Gasteiger partial charge < -0.3 is 14.7 Å². The number of likely N-dealkylation sites (tertiary alicyclic amines) is 1. The van der Waals surface area contributed by atoms with Crippen molar-refractivity contribution in [1.82, 2.24) is 4.90 Å². The van der Waals surface area contributed by atoms with E-state index in [4.69, 9.17) is 4.74 Å². The van der Waals surface area contributed by atoms with Gasteiger partial charge in [0.15, 0.2) is 0 Å². The maximum Gasteiger partial charge on any atom is 0.230 e. The number of methoxy groups -OCH3 is 1. The number of hydrogen-bond acceptors (Lipinski definition) is 3. The number of carbonyl (C=O) groups is 1. The summed E-state index contributed by atoms with van der Waals surface area (Å²) in [6.07, 6.45) is 3.01. The van der Waals surface area contributed by atoms with Gasteiger partial charge in [-0.05, 0) is 43.4 Å². The van der Waals surface area contributed by atoms with Gasteiger partial charge in [0.25, 0.3) is 0 Å². The average molecular weight is 275 g/mol. The van der Waals surface area contributed by atoms with Crippen LogP contribution in [0.3, 0.4) is 0 Å². The van der Waals surface area contributed by atoms with Crippen molar-refractivity contribution in [1.29, 1.82) is 0 Å². The molecule has 1 amide bonds. The summed E-state index contributed by atoms with van der Waals surface area (Å²) in [6.45, 7) is 1.51. The van der Waals surface area contributed by atoms with Gasteiger partial charge in [0.2, 0.25) is 5.91 Å². The molecule has 0 unspecified atom stereocenters. The number of β-lactam (4-membered cyclic amide) rings is 1. The third kappa shape index (κ3) is 2.29. The molecular formula is C16H21NO3. The lowest BCUT2D eigenvalue weighted by Crippen LogP contribution is -2.62. The number of nitrogens with zero attached hydrogens (tertiary/aromatic N) is 1. The summed E-state index contributed by atoms with van der Waals surface area (Å²) < 4.78 is 5.13. The predicted octanol–water partition coefficient (Wildman–Crippen LogP) is 1.96. The Labute approximate surface area is 119 Å². The van der Waals surface area contributed by atoms with Crippen molar-refractivity contribution >= 4 is 5.91 Å². The lowest BCUT2D eigenvalue weighted by atomic mass is 9.67. The molecule has 108 valence electrons. The van der Waals surface area contributed by atoms with E-state index >= 15 is 0 Å². The first-order valence-electron chi connectivity index (χ1n) is 7.23. The Morgan fingerprint density at radius 3 is 2.50 bits per heavy atom. The molecule has 1 aliphatic carbocycles. The van der Waals surface area contributed by atoms with Gasteiger partial charge >= 0.3 is 0 Å². The number of rotatable bonds is 3.